The first-order chi connectivity index (χ1) is 18.1. The maximum atomic E-state index is 14.3. The Morgan fingerprint density at radius 2 is 1.84 bits per heavy atom. The summed E-state index contributed by atoms with van der Waals surface area (Å²) in [6, 6.07) is 12.1. The van der Waals surface area contributed by atoms with E-state index < -0.39 is 21.7 Å². The van der Waals surface area contributed by atoms with E-state index in [0.29, 0.717) is 42.3 Å². The summed E-state index contributed by atoms with van der Waals surface area (Å²) < 4.78 is 48.0. The van der Waals surface area contributed by atoms with Gasteiger partial charge in [-0.25, -0.2) is 19.1 Å². The number of hydrogen-bond acceptors (Lipinski definition) is 7. The van der Waals surface area contributed by atoms with E-state index >= 15 is 0 Å². The van der Waals surface area contributed by atoms with Gasteiger partial charge >= 0.3 is 0 Å². The van der Waals surface area contributed by atoms with Crippen molar-refractivity contribution in [2.24, 2.45) is 5.92 Å². The van der Waals surface area contributed by atoms with Crippen molar-refractivity contribution in [3.63, 3.8) is 0 Å². The van der Waals surface area contributed by atoms with E-state index in [1.165, 1.54) is 24.3 Å². The van der Waals surface area contributed by atoms with Gasteiger partial charge in [-0.2, -0.15) is 8.42 Å². The maximum Gasteiger partial charge on any atom is 0.281 e. The fraction of sp³-hybridized carbons (Fsp3) is 0.393. The standard InChI is InChI=1S/C28H35FN4O4S/c1-5-7-9-22-10-8-11-26(31-22)38(35,36)33-28(34)24-12-13-25(32-27(24)30-14-6-2)20-15-21(29)17-23(16-20)37-18-19(3)4/h8,10-13,15-17,19H,5-7,9,14,18H2,1-4H3,(H,30,32)(H,33,34). The number of amides is 1. The molecule has 0 fully saturated rings. The van der Waals surface area contributed by atoms with Gasteiger partial charge in [-0.1, -0.05) is 40.2 Å². The Labute approximate surface area is 224 Å². The molecule has 0 spiro atoms. The number of aryl methyl sites for hydroxylation is 1. The van der Waals surface area contributed by atoms with Crippen LogP contribution < -0.4 is 14.8 Å². The lowest BCUT2D eigenvalue weighted by Crippen LogP contribution is -2.32. The van der Waals surface area contributed by atoms with E-state index in [2.05, 4.69) is 20.0 Å². The molecule has 0 radical (unpaired) electrons. The van der Waals surface area contributed by atoms with Gasteiger partial charge in [-0.15, -0.1) is 0 Å². The number of carbonyl (C=O) groups excluding carboxylic acids is 1. The van der Waals surface area contributed by atoms with E-state index in [1.54, 1.807) is 24.3 Å². The number of aromatic nitrogens is 2. The minimum Gasteiger partial charge on any atom is -0.493 e. The van der Waals surface area contributed by atoms with Crippen molar-refractivity contribution in [1.29, 1.82) is 0 Å². The molecule has 1 aromatic carbocycles. The Morgan fingerprint density at radius 1 is 1.05 bits per heavy atom. The number of unbranched alkanes of at least 4 members (excludes halogenated alkanes) is 1. The SMILES string of the molecule is CCCCc1cccc(S(=O)(=O)NC(=O)c2ccc(-c3cc(F)cc(OCC(C)C)c3)nc2NCCC)n1. The first-order valence-corrected chi connectivity index (χ1v) is 14.3. The third kappa shape index (κ3) is 7.98. The number of sulfonamides is 1. The molecule has 2 heterocycles. The highest BCUT2D eigenvalue weighted by atomic mass is 32.2. The molecule has 2 aromatic heterocycles. The normalized spacial score (nSPS) is 11.4. The molecule has 0 unspecified atom stereocenters. The topological polar surface area (TPSA) is 110 Å². The van der Waals surface area contributed by atoms with Crippen LogP contribution in [0.25, 0.3) is 11.3 Å². The number of nitrogens with one attached hydrogen (secondary N) is 2. The zero-order valence-electron chi connectivity index (χ0n) is 22.3. The Kier molecular flexibility index (Phi) is 10.2. The molecule has 0 atom stereocenters. The van der Waals surface area contributed by atoms with Gasteiger partial charge in [0.05, 0.1) is 17.9 Å². The Bertz CT molecular complexity index is 1360. The molecule has 0 saturated carbocycles. The molecule has 3 aromatic rings. The quantitative estimate of drug-likeness (QED) is 0.289. The molecule has 1 amide bonds. The zero-order valence-corrected chi connectivity index (χ0v) is 23.1. The number of nitrogens with zero attached hydrogens (tertiary/aromatic N) is 2. The minimum atomic E-state index is -4.21. The zero-order chi connectivity index (χ0) is 27.7. The van der Waals surface area contributed by atoms with Crippen molar-refractivity contribution in [2.45, 2.75) is 58.4 Å². The second-order valence-electron chi connectivity index (χ2n) is 9.41. The molecule has 204 valence electrons. The summed E-state index contributed by atoms with van der Waals surface area (Å²) in [7, 11) is -4.21. The summed E-state index contributed by atoms with van der Waals surface area (Å²) in [6.45, 7) is 8.91. The van der Waals surface area contributed by atoms with Crippen molar-refractivity contribution in [2.75, 3.05) is 18.5 Å². The number of hydrogen-bond donors (Lipinski definition) is 2. The van der Waals surface area contributed by atoms with Gasteiger partial charge in [0.1, 0.15) is 17.4 Å². The smallest absolute Gasteiger partial charge is 0.281 e. The summed E-state index contributed by atoms with van der Waals surface area (Å²) in [5, 5.41) is 2.85. The minimum absolute atomic E-state index is 0.0422. The summed E-state index contributed by atoms with van der Waals surface area (Å²) in [5.74, 6) is -0.486. The summed E-state index contributed by atoms with van der Waals surface area (Å²) in [6.07, 6.45) is 3.22. The van der Waals surface area contributed by atoms with Crippen molar-refractivity contribution in [3.8, 4) is 17.0 Å². The van der Waals surface area contributed by atoms with Crippen LogP contribution in [0.2, 0.25) is 0 Å². The van der Waals surface area contributed by atoms with Gasteiger partial charge in [-0.05, 0) is 61.6 Å². The van der Waals surface area contributed by atoms with Crippen LogP contribution in [0.3, 0.4) is 0 Å². The van der Waals surface area contributed by atoms with Crippen molar-refractivity contribution in [3.05, 3.63) is 65.6 Å². The molecule has 0 aliphatic carbocycles. The largest absolute Gasteiger partial charge is 0.493 e. The van der Waals surface area contributed by atoms with Crippen LogP contribution in [-0.4, -0.2) is 37.4 Å². The van der Waals surface area contributed by atoms with Crippen LogP contribution >= 0.6 is 0 Å². The van der Waals surface area contributed by atoms with Crippen LogP contribution in [0, 0.1) is 11.7 Å². The number of benzene rings is 1. The van der Waals surface area contributed by atoms with E-state index in [9.17, 15) is 17.6 Å². The van der Waals surface area contributed by atoms with Crippen molar-refractivity contribution in [1.82, 2.24) is 14.7 Å². The van der Waals surface area contributed by atoms with Crippen LogP contribution in [0.15, 0.2) is 53.6 Å². The summed E-state index contributed by atoms with van der Waals surface area (Å²) in [4.78, 5) is 21.8. The maximum absolute atomic E-state index is 14.3. The molecular formula is C28H35FN4O4S. The van der Waals surface area contributed by atoms with E-state index in [0.717, 1.165) is 19.3 Å². The van der Waals surface area contributed by atoms with Crippen molar-refractivity contribution < 1.29 is 22.3 Å². The summed E-state index contributed by atoms with van der Waals surface area (Å²) >= 11 is 0. The number of halogens is 1. The van der Waals surface area contributed by atoms with Gasteiger partial charge < -0.3 is 10.1 Å². The van der Waals surface area contributed by atoms with E-state index in [1.807, 2.05) is 27.7 Å². The van der Waals surface area contributed by atoms with Gasteiger partial charge in [0.25, 0.3) is 15.9 Å². The molecule has 0 saturated heterocycles. The molecule has 0 bridgehead atoms. The third-order valence-corrected chi connectivity index (χ3v) is 6.73. The molecular weight excluding hydrogens is 507 g/mol. The average Bonchev–Trinajstić information content (AvgIpc) is 2.89. The number of carbonyl (C=O) groups is 1. The molecule has 0 aliphatic rings. The van der Waals surface area contributed by atoms with Crippen LogP contribution in [0.1, 0.15) is 63.0 Å². The van der Waals surface area contributed by atoms with Crippen LogP contribution in [0.5, 0.6) is 5.75 Å². The predicted molar refractivity (Wildman–Crippen MR) is 146 cm³/mol. The lowest BCUT2D eigenvalue weighted by Gasteiger charge is -2.14. The second kappa shape index (κ2) is 13.3. The molecule has 0 aliphatic heterocycles. The average molecular weight is 543 g/mol. The first-order valence-electron chi connectivity index (χ1n) is 12.8. The van der Waals surface area contributed by atoms with Gasteiger partial charge in [0.15, 0.2) is 5.03 Å². The van der Waals surface area contributed by atoms with Gasteiger partial charge in [0, 0.05) is 23.9 Å². The molecule has 38 heavy (non-hydrogen) atoms. The van der Waals surface area contributed by atoms with Crippen LogP contribution in [0.4, 0.5) is 10.2 Å². The van der Waals surface area contributed by atoms with Crippen molar-refractivity contribution >= 4 is 21.7 Å². The number of ether oxygens (including phenoxy) is 1. The third-order valence-electron chi connectivity index (χ3n) is 5.50. The van der Waals surface area contributed by atoms with E-state index in [-0.39, 0.29) is 22.3 Å². The monoisotopic (exact) mass is 542 g/mol. The number of pyridine rings is 2. The Morgan fingerprint density at radius 3 is 2.55 bits per heavy atom. The lowest BCUT2D eigenvalue weighted by atomic mass is 10.1. The van der Waals surface area contributed by atoms with Gasteiger partial charge in [0.2, 0.25) is 0 Å². The van der Waals surface area contributed by atoms with E-state index in [4.69, 9.17) is 4.74 Å². The highest BCUT2D eigenvalue weighted by Crippen LogP contribution is 2.27. The number of anilines is 1. The summed E-state index contributed by atoms with van der Waals surface area (Å²) in [5.41, 5.74) is 1.56. The number of rotatable bonds is 13. The fourth-order valence-electron chi connectivity index (χ4n) is 3.57. The predicted octanol–water partition coefficient (Wildman–Crippen LogP) is 5.60. The highest BCUT2D eigenvalue weighted by molar-refractivity contribution is 7.90. The lowest BCUT2D eigenvalue weighted by molar-refractivity contribution is 0.0981. The Balaban J connectivity index is 1.90. The first kappa shape index (κ1) is 29.0. The molecule has 8 nitrogen and oxygen atoms in total. The van der Waals surface area contributed by atoms with Crippen LogP contribution in [-0.2, 0) is 16.4 Å². The molecule has 10 heteroatoms. The highest BCUT2D eigenvalue weighted by Gasteiger charge is 2.23. The molecule has 3 rings (SSSR count). The molecule has 2 N–H and O–H groups in total. The fourth-order valence-corrected chi connectivity index (χ4v) is 4.53. The van der Waals surface area contributed by atoms with Gasteiger partial charge in [-0.3, -0.25) is 4.79 Å². The Hall–Kier alpha value is -3.53. The second-order valence-corrected chi connectivity index (χ2v) is 11.0.